The Morgan fingerprint density at radius 1 is 1.00 bits per heavy atom. The van der Waals surface area contributed by atoms with Crippen LogP contribution in [0.15, 0.2) is 30.3 Å². The van der Waals surface area contributed by atoms with Crippen molar-refractivity contribution in [2.75, 3.05) is 16.8 Å². The van der Waals surface area contributed by atoms with Gasteiger partial charge in [-0.25, -0.2) is 8.78 Å². The number of anilines is 2. The highest BCUT2D eigenvalue weighted by molar-refractivity contribution is 5.95. The van der Waals surface area contributed by atoms with Crippen LogP contribution in [-0.4, -0.2) is 18.4 Å². The molecule has 0 aromatic heterocycles. The van der Waals surface area contributed by atoms with Crippen LogP contribution in [0, 0.1) is 32.4 Å². The van der Waals surface area contributed by atoms with Gasteiger partial charge in [0.15, 0.2) is 11.6 Å². The first-order valence-corrected chi connectivity index (χ1v) is 8.30. The second-order valence-corrected chi connectivity index (χ2v) is 6.34. The van der Waals surface area contributed by atoms with Gasteiger partial charge in [0, 0.05) is 37.3 Å². The van der Waals surface area contributed by atoms with Crippen molar-refractivity contribution < 1.29 is 18.4 Å². The zero-order chi connectivity index (χ0) is 19.4. The number of nitrogens with zero attached hydrogens (tertiary/aromatic N) is 1. The highest BCUT2D eigenvalue weighted by Crippen LogP contribution is 2.23. The Labute approximate surface area is 151 Å². The fourth-order valence-corrected chi connectivity index (χ4v) is 2.91. The van der Waals surface area contributed by atoms with Gasteiger partial charge in [-0.1, -0.05) is 17.7 Å². The van der Waals surface area contributed by atoms with Crippen molar-refractivity contribution in [3.05, 3.63) is 58.7 Å². The first kappa shape index (κ1) is 19.6. The number of amides is 2. The largest absolute Gasteiger partial charge is 0.326 e. The lowest BCUT2D eigenvalue weighted by molar-refractivity contribution is -0.117. The van der Waals surface area contributed by atoms with Crippen LogP contribution in [0.4, 0.5) is 20.2 Å². The third-order valence-electron chi connectivity index (χ3n) is 4.10. The average molecular weight is 360 g/mol. The Kier molecular flexibility index (Phi) is 6.08. The van der Waals surface area contributed by atoms with E-state index < -0.39 is 11.6 Å². The molecule has 0 spiro atoms. The number of hydrogen-bond donors (Lipinski definition) is 1. The molecule has 1 N–H and O–H groups in total. The molecule has 2 amide bonds. The molecule has 0 unspecified atom stereocenters. The molecule has 0 heterocycles. The summed E-state index contributed by atoms with van der Waals surface area (Å²) in [5.74, 6) is -2.63. The number of aryl methyl sites for hydroxylation is 3. The van der Waals surface area contributed by atoms with Gasteiger partial charge in [-0.2, -0.15) is 0 Å². The highest BCUT2D eigenvalue weighted by Gasteiger charge is 2.16. The number of carbonyl (C=O) groups is 2. The van der Waals surface area contributed by atoms with Crippen LogP contribution in [-0.2, 0) is 9.59 Å². The molecule has 0 aliphatic rings. The molecule has 26 heavy (non-hydrogen) atoms. The second-order valence-electron chi connectivity index (χ2n) is 6.34. The normalized spacial score (nSPS) is 10.5. The van der Waals surface area contributed by atoms with Gasteiger partial charge < -0.3 is 10.2 Å². The molecule has 0 atom stereocenters. The Hall–Kier alpha value is -2.76. The molecule has 0 saturated carbocycles. The number of benzene rings is 2. The highest BCUT2D eigenvalue weighted by atomic mass is 19.2. The molecule has 0 aliphatic heterocycles. The topological polar surface area (TPSA) is 49.4 Å². The molecular weight excluding hydrogens is 338 g/mol. The summed E-state index contributed by atoms with van der Waals surface area (Å²) in [7, 11) is 0. The monoisotopic (exact) mass is 360 g/mol. The van der Waals surface area contributed by atoms with Gasteiger partial charge >= 0.3 is 0 Å². The fraction of sp³-hybridized carbons (Fsp3) is 0.300. The molecule has 0 fully saturated rings. The van der Waals surface area contributed by atoms with Crippen molar-refractivity contribution in [1.29, 1.82) is 0 Å². The lowest BCUT2D eigenvalue weighted by atomic mass is 10.0. The molecule has 0 bridgehead atoms. The molecular formula is C20H22F2N2O2. The van der Waals surface area contributed by atoms with Gasteiger partial charge in [-0.3, -0.25) is 9.59 Å². The maximum atomic E-state index is 13.4. The summed E-state index contributed by atoms with van der Waals surface area (Å²) < 4.78 is 26.5. The molecule has 2 aromatic carbocycles. The summed E-state index contributed by atoms with van der Waals surface area (Å²) >= 11 is 0. The quantitative estimate of drug-likeness (QED) is 0.866. The van der Waals surface area contributed by atoms with E-state index in [1.54, 1.807) is 0 Å². The molecule has 0 aliphatic carbocycles. The van der Waals surface area contributed by atoms with Crippen LogP contribution >= 0.6 is 0 Å². The van der Waals surface area contributed by atoms with Crippen molar-refractivity contribution in [1.82, 2.24) is 0 Å². The van der Waals surface area contributed by atoms with Crippen molar-refractivity contribution in [3.8, 4) is 0 Å². The standard InChI is InChI=1S/C20H22F2N2O2/c1-12-9-13(2)20(14(3)10-12)23-19(26)7-8-24(15(4)25)16-5-6-17(21)18(22)11-16/h5-6,9-11H,7-8H2,1-4H3,(H,23,26). The summed E-state index contributed by atoms with van der Waals surface area (Å²) in [5, 5.41) is 2.86. The summed E-state index contributed by atoms with van der Waals surface area (Å²) in [4.78, 5) is 25.4. The number of rotatable bonds is 5. The van der Waals surface area contributed by atoms with Crippen LogP contribution in [0.25, 0.3) is 0 Å². The van der Waals surface area contributed by atoms with Crippen molar-refractivity contribution in [2.24, 2.45) is 0 Å². The van der Waals surface area contributed by atoms with Crippen LogP contribution in [0.5, 0.6) is 0 Å². The van der Waals surface area contributed by atoms with E-state index in [0.717, 1.165) is 34.5 Å². The SMILES string of the molecule is CC(=O)N(CCC(=O)Nc1c(C)cc(C)cc1C)c1ccc(F)c(F)c1. The smallest absolute Gasteiger partial charge is 0.226 e. The average Bonchev–Trinajstić information content (AvgIpc) is 2.54. The minimum absolute atomic E-state index is 0.0331. The Morgan fingerprint density at radius 2 is 1.62 bits per heavy atom. The summed E-state index contributed by atoms with van der Waals surface area (Å²) in [5.41, 5.74) is 3.99. The molecule has 138 valence electrons. The first-order chi connectivity index (χ1) is 12.2. The van der Waals surface area contributed by atoms with E-state index in [1.165, 1.54) is 17.9 Å². The van der Waals surface area contributed by atoms with Crippen molar-refractivity contribution >= 4 is 23.2 Å². The lowest BCUT2D eigenvalue weighted by Gasteiger charge is -2.21. The minimum atomic E-state index is -1.04. The number of nitrogens with one attached hydrogen (secondary N) is 1. The predicted molar refractivity (Wildman–Crippen MR) is 98.3 cm³/mol. The van der Waals surface area contributed by atoms with E-state index in [1.807, 2.05) is 32.9 Å². The number of carbonyl (C=O) groups excluding carboxylic acids is 2. The molecule has 2 aromatic rings. The van der Waals surface area contributed by atoms with Crippen LogP contribution in [0.1, 0.15) is 30.0 Å². The molecule has 0 saturated heterocycles. The van der Waals surface area contributed by atoms with Gasteiger partial charge in [0.1, 0.15) is 0 Å². The van der Waals surface area contributed by atoms with Crippen LogP contribution in [0.3, 0.4) is 0 Å². The molecule has 0 radical (unpaired) electrons. The Balaban J connectivity index is 2.08. The zero-order valence-electron chi connectivity index (χ0n) is 15.3. The maximum absolute atomic E-state index is 13.4. The van der Waals surface area contributed by atoms with Gasteiger partial charge in [0.2, 0.25) is 11.8 Å². The first-order valence-electron chi connectivity index (χ1n) is 8.30. The predicted octanol–water partition coefficient (Wildman–Crippen LogP) is 4.27. The molecule has 6 heteroatoms. The Morgan fingerprint density at radius 3 is 2.15 bits per heavy atom. The van der Waals surface area contributed by atoms with Crippen molar-refractivity contribution in [2.45, 2.75) is 34.1 Å². The van der Waals surface area contributed by atoms with Crippen LogP contribution < -0.4 is 10.2 Å². The van der Waals surface area contributed by atoms with E-state index in [4.69, 9.17) is 0 Å². The molecule has 2 rings (SSSR count). The number of hydrogen-bond acceptors (Lipinski definition) is 2. The molecule has 4 nitrogen and oxygen atoms in total. The minimum Gasteiger partial charge on any atom is -0.326 e. The van der Waals surface area contributed by atoms with E-state index in [9.17, 15) is 18.4 Å². The van der Waals surface area contributed by atoms with E-state index in [2.05, 4.69) is 5.32 Å². The van der Waals surface area contributed by atoms with Crippen molar-refractivity contribution in [3.63, 3.8) is 0 Å². The lowest BCUT2D eigenvalue weighted by Crippen LogP contribution is -2.32. The summed E-state index contributed by atoms with van der Waals surface area (Å²) in [6.45, 7) is 7.19. The fourth-order valence-electron chi connectivity index (χ4n) is 2.91. The van der Waals surface area contributed by atoms with Gasteiger partial charge in [-0.15, -0.1) is 0 Å². The maximum Gasteiger partial charge on any atom is 0.226 e. The van der Waals surface area contributed by atoms with Gasteiger partial charge in [0.05, 0.1) is 0 Å². The van der Waals surface area contributed by atoms with Crippen LogP contribution in [0.2, 0.25) is 0 Å². The van der Waals surface area contributed by atoms with Gasteiger partial charge in [0.25, 0.3) is 0 Å². The van der Waals surface area contributed by atoms with E-state index in [0.29, 0.717) is 0 Å². The summed E-state index contributed by atoms with van der Waals surface area (Å²) in [6, 6.07) is 7.17. The Bertz CT molecular complexity index is 827. The number of halogens is 2. The third-order valence-corrected chi connectivity index (χ3v) is 4.10. The van der Waals surface area contributed by atoms with Gasteiger partial charge in [-0.05, 0) is 44.0 Å². The summed E-state index contributed by atoms with van der Waals surface area (Å²) in [6.07, 6.45) is 0.0331. The second kappa shape index (κ2) is 8.08. The van der Waals surface area contributed by atoms with E-state index in [-0.39, 0.29) is 30.5 Å². The van der Waals surface area contributed by atoms with E-state index >= 15 is 0 Å². The third kappa shape index (κ3) is 4.65. The zero-order valence-corrected chi connectivity index (χ0v) is 15.3.